The van der Waals surface area contributed by atoms with Gasteiger partial charge >= 0.3 is 0 Å². The number of hydrogen-bond donors (Lipinski definition) is 1. The van der Waals surface area contributed by atoms with Crippen LogP contribution in [0.2, 0.25) is 0 Å². The van der Waals surface area contributed by atoms with Crippen molar-refractivity contribution >= 4 is 31.9 Å². The number of carbonyl (C=O) groups excluding carboxylic acids is 1. The van der Waals surface area contributed by atoms with E-state index in [1.165, 1.54) is 24.1 Å². The summed E-state index contributed by atoms with van der Waals surface area (Å²) >= 11 is 3.14. The minimum atomic E-state index is -3.40. The maximum absolute atomic E-state index is 13.7. The van der Waals surface area contributed by atoms with E-state index in [1.54, 1.807) is 6.07 Å². The van der Waals surface area contributed by atoms with E-state index >= 15 is 0 Å². The third-order valence-electron chi connectivity index (χ3n) is 3.67. The number of nitrogens with zero attached hydrogens (tertiary/aromatic N) is 1. The maximum atomic E-state index is 13.7. The van der Waals surface area contributed by atoms with Crippen molar-refractivity contribution in [1.82, 2.24) is 9.62 Å². The number of amides is 1. The van der Waals surface area contributed by atoms with Crippen molar-refractivity contribution in [2.45, 2.75) is 18.9 Å². The molecule has 1 aromatic carbocycles. The molecule has 1 aromatic rings. The fraction of sp³-hybridized carbons (Fsp3) is 0.500. The Kier molecular flexibility index (Phi) is 5.99. The number of sulfonamides is 1. The molecule has 128 valence electrons. The van der Waals surface area contributed by atoms with E-state index in [1.807, 2.05) is 0 Å². The highest BCUT2D eigenvalue weighted by atomic mass is 79.9. The number of benzene rings is 1. The molecule has 0 aliphatic carbocycles. The average Bonchev–Trinajstić information content (AvgIpc) is 2.93. The van der Waals surface area contributed by atoms with E-state index < -0.39 is 15.8 Å². The quantitative estimate of drug-likeness (QED) is 0.773. The second-order valence-electron chi connectivity index (χ2n) is 5.23. The summed E-state index contributed by atoms with van der Waals surface area (Å²) in [5, 5.41) is 0. The summed E-state index contributed by atoms with van der Waals surface area (Å²) in [5.74, 6) is -1.06. The zero-order valence-corrected chi connectivity index (χ0v) is 15.0. The van der Waals surface area contributed by atoms with Crippen molar-refractivity contribution in [3.8, 4) is 5.75 Å². The lowest BCUT2D eigenvalue weighted by molar-refractivity contribution is -0.133. The van der Waals surface area contributed by atoms with Crippen molar-refractivity contribution < 1.29 is 22.3 Å². The second kappa shape index (κ2) is 7.59. The van der Waals surface area contributed by atoms with Crippen LogP contribution in [0, 0.1) is 5.82 Å². The van der Waals surface area contributed by atoms with Crippen molar-refractivity contribution in [3.05, 3.63) is 28.5 Å². The van der Waals surface area contributed by atoms with Gasteiger partial charge in [0.15, 0.2) is 18.2 Å². The smallest absolute Gasteiger partial charge is 0.260 e. The molecule has 1 fully saturated rings. The molecule has 1 atom stereocenters. The maximum Gasteiger partial charge on any atom is 0.260 e. The summed E-state index contributed by atoms with van der Waals surface area (Å²) in [4.78, 5) is 13.7. The molecular weight excluding hydrogens is 391 g/mol. The SMILES string of the molecule is CNS(=O)(=O)CC1CCCN1C(=O)COc1ccc(Br)cc1F. The van der Waals surface area contributed by atoms with Gasteiger partial charge < -0.3 is 9.64 Å². The number of hydrogen-bond acceptors (Lipinski definition) is 4. The minimum absolute atomic E-state index is 0.0138. The van der Waals surface area contributed by atoms with Gasteiger partial charge in [0, 0.05) is 17.1 Å². The Labute approximate surface area is 143 Å². The van der Waals surface area contributed by atoms with Gasteiger partial charge in [0.1, 0.15) is 0 Å². The highest BCUT2D eigenvalue weighted by Gasteiger charge is 2.32. The molecule has 1 heterocycles. The lowest BCUT2D eigenvalue weighted by Crippen LogP contribution is -2.43. The van der Waals surface area contributed by atoms with Crippen LogP contribution >= 0.6 is 15.9 Å². The van der Waals surface area contributed by atoms with Gasteiger partial charge in [-0.25, -0.2) is 17.5 Å². The van der Waals surface area contributed by atoms with Crippen molar-refractivity contribution in [3.63, 3.8) is 0 Å². The molecule has 1 N–H and O–H groups in total. The zero-order chi connectivity index (χ0) is 17.0. The Balaban J connectivity index is 1.96. The van der Waals surface area contributed by atoms with Crippen LogP contribution in [0.25, 0.3) is 0 Å². The molecule has 0 saturated carbocycles. The molecule has 23 heavy (non-hydrogen) atoms. The van der Waals surface area contributed by atoms with Crippen molar-refractivity contribution in [2.75, 3.05) is 26.0 Å². The van der Waals surface area contributed by atoms with Gasteiger partial charge in [-0.2, -0.15) is 0 Å². The Morgan fingerprint density at radius 3 is 2.91 bits per heavy atom. The topological polar surface area (TPSA) is 75.7 Å². The summed E-state index contributed by atoms with van der Waals surface area (Å²) in [6.45, 7) is 0.156. The highest BCUT2D eigenvalue weighted by molar-refractivity contribution is 9.10. The lowest BCUT2D eigenvalue weighted by atomic mass is 10.2. The predicted molar refractivity (Wildman–Crippen MR) is 87.2 cm³/mol. The fourth-order valence-corrected chi connectivity index (χ4v) is 3.84. The molecule has 0 spiro atoms. The van der Waals surface area contributed by atoms with E-state index in [2.05, 4.69) is 20.7 Å². The Hall–Kier alpha value is -1.19. The van der Waals surface area contributed by atoms with Gasteiger partial charge in [0.05, 0.1) is 5.75 Å². The molecule has 9 heteroatoms. The lowest BCUT2D eigenvalue weighted by Gasteiger charge is -2.24. The molecule has 1 saturated heterocycles. The molecule has 2 rings (SSSR count). The Morgan fingerprint density at radius 1 is 1.52 bits per heavy atom. The number of halogens is 2. The second-order valence-corrected chi connectivity index (χ2v) is 8.12. The first-order valence-corrected chi connectivity index (χ1v) is 9.55. The van der Waals surface area contributed by atoms with E-state index in [-0.39, 0.29) is 30.1 Å². The van der Waals surface area contributed by atoms with Crippen LogP contribution in [0.4, 0.5) is 4.39 Å². The van der Waals surface area contributed by atoms with E-state index in [4.69, 9.17) is 4.74 Å². The number of nitrogens with one attached hydrogen (secondary N) is 1. The number of rotatable bonds is 6. The molecule has 0 radical (unpaired) electrons. The summed E-state index contributed by atoms with van der Waals surface area (Å²) in [7, 11) is -2.05. The normalized spacial score (nSPS) is 18.2. The van der Waals surface area contributed by atoms with Gasteiger partial charge in [0.25, 0.3) is 5.91 Å². The van der Waals surface area contributed by atoms with Crippen LogP contribution in [0.3, 0.4) is 0 Å². The molecule has 1 amide bonds. The highest BCUT2D eigenvalue weighted by Crippen LogP contribution is 2.22. The summed E-state index contributed by atoms with van der Waals surface area (Å²) < 4.78 is 45.0. The van der Waals surface area contributed by atoms with Gasteiger partial charge in [-0.1, -0.05) is 15.9 Å². The zero-order valence-electron chi connectivity index (χ0n) is 12.6. The first-order valence-electron chi connectivity index (χ1n) is 7.11. The molecular formula is C14H18BrFN2O4S. The van der Waals surface area contributed by atoms with Crippen LogP contribution < -0.4 is 9.46 Å². The average molecular weight is 409 g/mol. The fourth-order valence-electron chi connectivity index (χ4n) is 2.49. The Bertz CT molecular complexity index is 683. The first kappa shape index (κ1) is 18.2. The molecule has 6 nitrogen and oxygen atoms in total. The van der Waals surface area contributed by atoms with Gasteiger partial charge in [-0.3, -0.25) is 4.79 Å². The molecule has 1 aliphatic heterocycles. The van der Waals surface area contributed by atoms with Crippen LogP contribution in [-0.4, -0.2) is 51.2 Å². The standard InChI is InChI=1S/C14H18BrFN2O4S/c1-17-23(20,21)9-11-3-2-6-18(11)14(19)8-22-13-5-4-10(15)7-12(13)16/h4-5,7,11,17H,2-3,6,8-9H2,1H3. The minimum Gasteiger partial charge on any atom is -0.481 e. The third-order valence-corrected chi connectivity index (χ3v) is 5.60. The third kappa shape index (κ3) is 4.89. The van der Waals surface area contributed by atoms with E-state index in [9.17, 15) is 17.6 Å². The van der Waals surface area contributed by atoms with E-state index in [0.29, 0.717) is 17.4 Å². The number of ether oxygens (including phenoxy) is 1. The van der Waals surface area contributed by atoms with Gasteiger partial charge in [-0.05, 0) is 38.1 Å². The summed E-state index contributed by atoms with van der Waals surface area (Å²) in [6, 6.07) is 3.91. The van der Waals surface area contributed by atoms with Crippen molar-refractivity contribution in [2.24, 2.45) is 0 Å². The number of likely N-dealkylation sites (tertiary alicyclic amines) is 1. The molecule has 1 unspecified atom stereocenters. The van der Waals surface area contributed by atoms with E-state index in [0.717, 1.165) is 6.42 Å². The molecule has 0 bridgehead atoms. The molecule has 0 aromatic heterocycles. The van der Waals surface area contributed by atoms with Crippen LogP contribution in [0.1, 0.15) is 12.8 Å². The van der Waals surface area contributed by atoms with Crippen LogP contribution in [-0.2, 0) is 14.8 Å². The Morgan fingerprint density at radius 2 is 2.26 bits per heavy atom. The first-order chi connectivity index (χ1) is 10.8. The largest absolute Gasteiger partial charge is 0.481 e. The van der Waals surface area contributed by atoms with Crippen molar-refractivity contribution in [1.29, 1.82) is 0 Å². The van der Waals surface area contributed by atoms with Gasteiger partial charge in [-0.15, -0.1) is 0 Å². The monoisotopic (exact) mass is 408 g/mol. The van der Waals surface area contributed by atoms with Gasteiger partial charge in [0.2, 0.25) is 10.0 Å². The number of carbonyl (C=O) groups is 1. The van der Waals surface area contributed by atoms with Crippen LogP contribution in [0.5, 0.6) is 5.75 Å². The summed E-state index contributed by atoms with van der Waals surface area (Å²) in [6.07, 6.45) is 1.36. The molecule has 1 aliphatic rings. The predicted octanol–water partition coefficient (Wildman–Crippen LogP) is 1.51. The summed E-state index contributed by atoms with van der Waals surface area (Å²) in [5.41, 5.74) is 0. The van der Waals surface area contributed by atoms with Crippen LogP contribution in [0.15, 0.2) is 22.7 Å².